The van der Waals surface area contributed by atoms with Crippen LogP contribution in [0.1, 0.15) is 41.6 Å². The van der Waals surface area contributed by atoms with Crippen molar-refractivity contribution < 1.29 is 13.9 Å². The van der Waals surface area contributed by atoms with Crippen LogP contribution in [-0.4, -0.2) is 39.3 Å². The molecule has 2 bridgehead atoms. The van der Waals surface area contributed by atoms with Crippen molar-refractivity contribution in [2.24, 2.45) is 5.92 Å². The highest BCUT2D eigenvalue weighted by atomic mass is 19.1. The van der Waals surface area contributed by atoms with Crippen molar-refractivity contribution in [1.29, 1.82) is 0 Å². The summed E-state index contributed by atoms with van der Waals surface area (Å²) in [6.45, 7) is 2.54. The van der Waals surface area contributed by atoms with E-state index >= 15 is 0 Å². The summed E-state index contributed by atoms with van der Waals surface area (Å²) in [7, 11) is 0. The monoisotopic (exact) mass is 419 g/mol. The van der Waals surface area contributed by atoms with Crippen LogP contribution in [0.2, 0.25) is 0 Å². The molecular weight excluding hydrogens is 393 g/mol. The lowest BCUT2D eigenvalue weighted by molar-refractivity contribution is 0.0406. The number of hydrogen-bond acceptors (Lipinski definition) is 3. The van der Waals surface area contributed by atoms with Crippen molar-refractivity contribution >= 4 is 5.91 Å². The third-order valence-electron chi connectivity index (χ3n) is 6.61. The summed E-state index contributed by atoms with van der Waals surface area (Å²) in [5, 5.41) is 4.34. The molecule has 2 unspecified atom stereocenters. The molecule has 2 aliphatic heterocycles. The van der Waals surface area contributed by atoms with E-state index in [2.05, 4.69) is 10.00 Å². The van der Waals surface area contributed by atoms with Gasteiger partial charge < -0.3 is 9.64 Å². The first-order valence-electron chi connectivity index (χ1n) is 10.9. The predicted octanol–water partition coefficient (Wildman–Crippen LogP) is 4.78. The molecule has 0 spiro atoms. The second-order valence-corrected chi connectivity index (χ2v) is 8.58. The van der Waals surface area contributed by atoms with Crippen molar-refractivity contribution in [2.75, 3.05) is 6.61 Å². The number of amides is 1. The molecule has 0 N–H and O–H groups in total. The molecule has 2 saturated heterocycles. The van der Waals surface area contributed by atoms with Gasteiger partial charge in [-0.25, -0.2) is 9.07 Å². The van der Waals surface area contributed by atoms with Gasteiger partial charge in [-0.2, -0.15) is 5.10 Å². The fraction of sp³-hybridized carbons (Fsp3) is 0.360. The topological polar surface area (TPSA) is 47.4 Å². The Balaban J connectivity index is 1.38. The van der Waals surface area contributed by atoms with Gasteiger partial charge in [-0.15, -0.1) is 0 Å². The molecule has 0 aliphatic carbocycles. The third kappa shape index (κ3) is 3.82. The lowest BCUT2D eigenvalue weighted by Crippen LogP contribution is -2.49. The fourth-order valence-corrected chi connectivity index (χ4v) is 5.07. The van der Waals surface area contributed by atoms with Crippen LogP contribution in [0.15, 0.2) is 60.9 Å². The highest BCUT2D eigenvalue weighted by Gasteiger charge is 2.45. The van der Waals surface area contributed by atoms with Crippen LogP contribution in [0.4, 0.5) is 4.39 Å². The van der Waals surface area contributed by atoms with Crippen LogP contribution in [0, 0.1) is 18.7 Å². The number of nitrogens with zero attached hydrogens (tertiary/aromatic N) is 3. The van der Waals surface area contributed by atoms with Crippen molar-refractivity contribution in [1.82, 2.24) is 14.7 Å². The number of halogens is 1. The first kappa shape index (κ1) is 19.8. The number of hydrogen-bond donors (Lipinski definition) is 0. The Morgan fingerprint density at radius 2 is 1.94 bits per heavy atom. The summed E-state index contributed by atoms with van der Waals surface area (Å²) < 4.78 is 20.9. The molecule has 3 atom stereocenters. The van der Waals surface area contributed by atoms with Gasteiger partial charge in [-0.1, -0.05) is 11.6 Å². The van der Waals surface area contributed by atoms with Crippen molar-refractivity contribution in [3.8, 4) is 11.4 Å². The number of fused-ring (bicyclic) bond motifs is 2. The Kier molecular flexibility index (Phi) is 5.22. The maximum atomic E-state index is 13.8. The summed E-state index contributed by atoms with van der Waals surface area (Å²) in [6, 6.07) is 14.4. The van der Waals surface area contributed by atoms with E-state index in [4.69, 9.17) is 4.74 Å². The van der Waals surface area contributed by atoms with Crippen LogP contribution in [0.3, 0.4) is 0 Å². The van der Waals surface area contributed by atoms with Gasteiger partial charge in [0, 0.05) is 30.4 Å². The lowest BCUT2D eigenvalue weighted by Gasteiger charge is -2.40. The van der Waals surface area contributed by atoms with Gasteiger partial charge in [0.2, 0.25) is 0 Å². The van der Waals surface area contributed by atoms with Gasteiger partial charge >= 0.3 is 0 Å². The van der Waals surface area contributed by atoms with Gasteiger partial charge in [-0.3, -0.25) is 4.79 Å². The highest BCUT2D eigenvalue weighted by molar-refractivity contribution is 5.98. The Morgan fingerprint density at radius 3 is 2.71 bits per heavy atom. The van der Waals surface area contributed by atoms with Crippen molar-refractivity contribution in [3.63, 3.8) is 0 Å². The van der Waals surface area contributed by atoms with E-state index in [1.165, 1.54) is 12.1 Å². The zero-order valence-corrected chi connectivity index (χ0v) is 17.6. The molecule has 31 heavy (non-hydrogen) atoms. The van der Waals surface area contributed by atoms with E-state index in [0.29, 0.717) is 17.9 Å². The lowest BCUT2D eigenvalue weighted by atomic mass is 9.90. The smallest absolute Gasteiger partial charge is 0.256 e. The number of piperidine rings is 1. The van der Waals surface area contributed by atoms with Gasteiger partial charge in [-0.05, 0) is 75.1 Å². The maximum Gasteiger partial charge on any atom is 0.256 e. The average Bonchev–Trinajstić information content (AvgIpc) is 3.41. The number of rotatable bonds is 5. The Morgan fingerprint density at radius 1 is 1.13 bits per heavy atom. The van der Waals surface area contributed by atoms with Crippen LogP contribution in [-0.2, 0) is 0 Å². The molecule has 160 valence electrons. The first-order chi connectivity index (χ1) is 15.1. The van der Waals surface area contributed by atoms with E-state index in [1.54, 1.807) is 23.0 Å². The minimum Gasteiger partial charge on any atom is -0.493 e. The quantitative estimate of drug-likeness (QED) is 0.598. The number of aryl methyl sites for hydroxylation is 1. The molecule has 1 amide bonds. The van der Waals surface area contributed by atoms with Gasteiger partial charge in [0.25, 0.3) is 5.91 Å². The van der Waals surface area contributed by atoms with Crippen LogP contribution in [0.25, 0.3) is 5.69 Å². The summed E-state index contributed by atoms with van der Waals surface area (Å²) in [5.41, 5.74) is 2.56. The number of aromatic nitrogens is 2. The molecule has 3 aromatic rings. The van der Waals surface area contributed by atoms with Gasteiger partial charge in [0.15, 0.2) is 0 Å². The molecule has 6 heteroatoms. The number of carbonyl (C=O) groups excluding carboxylic acids is 1. The first-order valence-corrected chi connectivity index (χ1v) is 10.9. The summed E-state index contributed by atoms with van der Waals surface area (Å²) >= 11 is 0. The minimum atomic E-state index is -0.272. The average molecular weight is 420 g/mol. The van der Waals surface area contributed by atoms with E-state index in [0.717, 1.165) is 36.9 Å². The fourth-order valence-electron chi connectivity index (χ4n) is 5.07. The molecule has 5 nitrogen and oxygen atoms in total. The molecule has 2 aromatic carbocycles. The largest absolute Gasteiger partial charge is 0.493 e. The number of carbonyl (C=O) groups is 1. The molecule has 2 fully saturated rings. The zero-order chi connectivity index (χ0) is 21.4. The summed E-state index contributed by atoms with van der Waals surface area (Å²) in [4.78, 5) is 15.9. The van der Waals surface area contributed by atoms with Crippen LogP contribution >= 0.6 is 0 Å². The molecule has 2 aliphatic rings. The number of benzene rings is 2. The van der Waals surface area contributed by atoms with Crippen molar-refractivity contribution in [2.45, 2.75) is 44.7 Å². The molecule has 5 rings (SSSR count). The Labute approximate surface area is 181 Å². The van der Waals surface area contributed by atoms with E-state index in [1.807, 2.05) is 37.4 Å². The predicted molar refractivity (Wildman–Crippen MR) is 116 cm³/mol. The van der Waals surface area contributed by atoms with E-state index < -0.39 is 0 Å². The Hall–Kier alpha value is -3.15. The van der Waals surface area contributed by atoms with E-state index in [-0.39, 0.29) is 29.7 Å². The SMILES string of the molecule is Cc1ccc(-n2cccn2)c(C(=O)N2C3CCC2[C@@H](COc2ccc(F)cc2)CC3)c1. The van der Waals surface area contributed by atoms with Gasteiger partial charge in [0.05, 0.1) is 17.9 Å². The minimum absolute atomic E-state index is 0.0770. The molecule has 3 heterocycles. The Bertz CT molecular complexity index is 1060. The van der Waals surface area contributed by atoms with Crippen LogP contribution in [0.5, 0.6) is 5.75 Å². The number of ether oxygens (including phenoxy) is 1. The molecule has 0 saturated carbocycles. The summed E-state index contributed by atoms with van der Waals surface area (Å²) in [5.74, 6) is 0.740. The van der Waals surface area contributed by atoms with Crippen LogP contribution < -0.4 is 4.74 Å². The second kappa shape index (κ2) is 8.17. The third-order valence-corrected chi connectivity index (χ3v) is 6.61. The zero-order valence-electron chi connectivity index (χ0n) is 17.6. The highest BCUT2D eigenvalue weighted by Crippen LogP contribution is 2.41. The second-order valence-electron chi connectivity index (χ2n) is 8.58. The van der Waals surface area contributed by atoms with Crippen molar-refractivity contribution in [3.05, 3.63) is 77.9 Å². The molecular formula is C25H26FN3O2. The normalized spacial score (nSPS) is 22.5. The van der Waals surface area contributed by atoms with E-state index in [9.17, 15) is 9.18 Å². The standard InChI is InChI=1S/C25H26FN3O2/c1-17-3-11-24(28-14-2-13-27-28)22(15-17)25(30)29-20-7-4-18(23(29)12-8-20)16-31-21-9-5-19(26)6-10-21/h2-3,5-6,9-11,13-15,18,20,23H,4,7-8,12,16H2,1H3/t18-,20?,23?/m1/s1. The maximum absolute atomic E-state index is 13.8. The molecule has 1 aromatic heterocycles. The van der Waals surface area contributed by atoms with Gasteiger partial charge in [0.1, 0.15) is 11.6 Å². The summed E-state index contributed by atoms with van der Waals surface area (Å²) in [6.07, 6.45) is 7.65. The molecule has 0 radical (unpaired) electrons.